The van der Waals surface area contributed by atoms with Gasteiger partial charge >= 0.3 is 0 Å². The molecule has 2 N–H and O–H groups in total. The molecule has 0 bridgehead atoms. The van der Waals surface area contributed by atoms with Crippen LogP contribution >= 0.6 is 0 Å². The van der Waals surface area contributed by atoms with Gasteiger partial charge in [0.05, 0.1) is 11.8 Å². The molecule has 6 nitrogen and oxygen atoms in total. The lowest BCUT2D eigenvalue weighted by Crippen LogP contribution is -2.29. The predicted octanol–water partition coefficient (Wildman–Crippen LogP) is 0.537. The Labute approximate surface area is 110 Å². The number of anilines is 1. The molecule has 0 aromatic carbocycles. The fraction of sp³-hybridized carbons (Fsp3) is 0.308. The first-order valence-corrected chi connectivity index (χ1v) is 6.15. The highest BCUT2D eigenvalue weighted by molar-refractivity contribution is 5.98. The Morgan fingerprint density at radius 2 is 2.26 bits per heavy atom. The van der Waals surface area contributed by atoms with Crippen LogP contribution in [0.15, 0.2) is 24.7 Å². The molecule has 0 amide bonds. The molecule has 0 fully saturated rings. The molecule has 0 unspecified atom stereocenters. The van der Waals surface area contributed by atoms with Gasteiger partial charge in [0.2, 0.25) is 0 Å². The Morgan fingerprint density at radius 3 is 3.00 bits per heavy atom. The molecule has 19 heavy (non-hydrogen) atoms. The molecule has 6 heteroatoms. The Morgan fingerprint density at radius 1 is 1.42 bits per heavy atom. The Bertz CT molecular complexity index is 634. The molecular weight excluding hydrogens is 242 g/mol. The fourth-order valence-corrected chi connectivity index (χ4v) is 2.42. The second-order valence-corrected chi connectivity index (χ2v) is 4.79. The van der Waals surface area contributed by atoms with Crippen LogP contribution < -0.4 is 5.73 Å². The van der Waals surface area contributed by atoms with Crippen LogP contribution in [0.3, 0.4) is 0 Å². The van der Waals surface area contributed by atoms with Gasteiger partial charge in [-0.15, -0.1) is 0 Å². The number of hydrogen-bond acceptors (Lipinski definition) is 5. The van der Waals surface area contributed by atoms with E-state index in [1.54, 1.807) is 12.3 Å². The minimum atomic E-state index is -0.212. The second-order valence-electron chi connectivity index (χ2n) is 4.79. The lowest BCUT2D eigenvalue weighted by atomic mass is 9.97. The van der Waals surface area contributed by atoms with Crippen LogP contribution in [0.1, 0.15) is 21.5 Å². The van der Waals surface area contributed by atoms with E-state index >= 15 is 0 Å². The van der Waals surface area contributed by atoms with E-state index in [0.29, 0.717) is 11.4 Å². The zero-order chi connectivity index (χ0) is 13.4. The van der Waals surface area contributed by atoms with Crippen LogP contribution in [-0.4, -0.2) is 39.2 Å². The van der Waals surface area contributed by atoms with Crippen LogP contribution in [0.2, 0.25) is 0 Å². The number of aromatic nitrogens is 3. The first-order chi connectivity index (χ1) is 9.16. The highest BCUT2D eigenvalue weighted by Crippen LogP contribution is 2.21. The fourth-order valence-electron chi connectivity index (χ4n) is 2.42. The monoisotopic (exact) mass is 257 g/mol. The normalized spacial score (nSPS) is 15.2. The summed E-state index contributed by atoms with van der Waals surface area (Å²) in [6.45, 7) is 1.75. The van der Waals surface area contributed by atoms with Crippen molar-refractivity contribution in [1.82, 2.24) is 19.7 Å². The van der Waals surface area contributed by atoms with Gasteiger partial charge in [-0.3, -0.25) is 9.78 Å². The topological polar surface area (TPSA) is 77.0 Å². The minimum Gasteiger partial charge on any atom is -0.383 e. The van der Waals surface area contributed by atoms with E-state index in [2.05, 4.69) is 22.0 Å². The smallest absolute Gasteiger partial charge is 0.281 e. The zero-order valence-electron chi connectivity index (χ0n) is 10.7. The van der Waals surface area contributed by atoms with Crippen molar-refractivity contribution in [3.05, 3.63) is 41.3 Å². The van der Waals surface area contributed by atoms with Crippen molar-refractivity contribution in [1.29, 1.82) is 0 Å². The molecule has 0 saturated carbocycles. The third-order valence-corrected chi connectivity index (χ3v) is 3.43. The number of rotatable bonds is 1. The highest BCUT2D eigenvalue weighted by Gasteiger charge is 2.22. The van der Waals surface area contributed by atoms with Crippen molar-refractivity contribution in [2.75, 3.05) is 19.3 Å². The third kappa shape index (κ3) is 2.00. The Kier molecular flexibility index (Phi) is 2.79. The van der Waals surface area contributed by atoms with E-state index in [1.165, 1.54) is 10.9 Å². The van der Waals surface area contributed by atoms with Crippen LogP contribution in [-0.2, 0) is 13.0 Å². The Hall–Kier alpha value is -2.21. The van der Waals surface area contributed by atoms with E-state index in [1.807, 2.05) is 6.20 Å². The standard InChI is InChI=1S/C13H15N5O/c1-17-5-3-10-9(8-17)6-15-7-11(10)13(19)18-12(14)2-4-16-18/h2,4,6-7H,3,5,8,14H2,1H3. The SMILES string of the molecule is CN1CCc2c(cncc2C(=O)n2nccc2N)C1. The molecule has 1 aliphatic rings. The van der Waals surface area contributed by atoms with Crippen LogP contribution in [0.25, 0.3) is 0 Å². The van der Waals surface area contributed by atoms with Crippen molar-refractivity contribution >= 4 is 11.7 Å². The van der Waals surface area contributed by atoms with Gasteiger partial charge in [-0.25, -0.2) is 0 Å². The molecule has 1 aliphatic heterocycles. The average molecular weight is 257 g/mol. The first kappa shape index (κ1) is 11.9. The molecular formula is C13H15N5O. The third-order valence-electron chi connectivity index (χ3n) is 3.43. The largest absolute Gasteiger partial charge is 0.383 e. The van der Waals surface area contributed by atoms with Gasteiger partial charge in [0.25, 0.3) is 5.91 Å². The molecule has 2 aromatic heterocycles. The molecule has 3 rings (SSSR count). The predicted molar refractivity (Wildman–Crippen MR) is 70.6 cm³/mol. The van der Waals surface area contributed by atoms with E-state index in [4.69, 9.17) is 5.73 Å². The number of hydrogen-bond donors (Lipinski definition) is 1. The van der Waals surface area contributed by atoms with E-state index in [0.717, 1.165) is 30.6 Å². The van der Waals surface area contributed by atoms with Gasteiger partial charge in [0.1, 0.15) is 5.82 Å². The molecule has 0 radical (unpaired) electrons. The summed E-state index contributed by atoms with van der Waals surface area (Å²) in [6.07, 6.45) is 5.79. The molecule has 2 aromatic rings. The van der Waals surface area contributed by atoms with Crippen molar-refractivity contribution in [2.24, 2.45) is 0 Å². The summed E-state index contributed by atoms with van der Waals surface area (Å²) < 4.78 is 1.22. The minimum absolute atomic E-state index is 0.212. The number of nitrogens with zero attached hydrogens (tertiary/aromatic N) is 4. The van der Waals surface area contributed by atoms with Crippen LogP contribution in [0.4, 0.5) is 5.82 Å². The summed E-state index contributed by atoms with van der Waals surface area (Å²) in [6, 6.07) is 1.61. The number of carbonyl (C=O) groups is 1. The zero-order valence-corrected chi connectivity index (χ0v) is 10.7. The van der Waals surface area contributed by atoms with Gasteiger partial charge in [0.15, 0.2) is 0 Å². The van der Waals surface area contributed by atoms with E-state index in [-0.39, 0.29) is 5.91 Å². The number of nitrogens with two attached hydrogens (primary N) is 1. The number of fused-ring (bicyclic) bond motifs is 1. The summed E-state index contributed by atoms with van der Waals surface area (Å²) >= 11 is 0. The number of likely N-dealkylation sites (N-methyl/N-ethyl adjacent to an activating group) is 1. The first-order valence-electron chi connectivity index (χ1n) is 6.15. The van der Waals surface area contributed by atoms with Crippen molar-refractivity contribution in [3.63, 3.8) is 0 Å². The quantitative estimate of drug-likeness (QED) is 0.806. The molecule has 0 saturated heterocycles. The van der Waals surface area contributed by atoms with Crippen LogP contribution in [0.5, 0.6) is 0 Å². The van der Waals surface area contributed by atoms with Gasteiger partial charge in [-0.05, 0) is 24.6 Å². The second kappa shape index (κ2) is 4.47. The maximum absolute atomic E-state index is 12.4. The van der Waals surface area contributed by atoms with Gasteiger partial charge in [0, 0.05) is 31.5 Å². The summed E-state index contributed by atoms with van der Waals surface area (Å²) in [5.74, 6) is 0.131. The van der Waals surface area contributed by atoms with E-state index < -0.39 is 0 Å². The Balaban J connectivity index is 2.05. The molecule has 0 spiro atoms. The van der Waals surface area contributed by atoms with E-state index in [9.17, 15) is 4.79 Å². The summed E-state index contributed by atoms with van der Waals surface area (Å²) in [4.78, 5) is 18.8. The number of carbonyl (C=O) groups excluding carboxylic acids is 1. The number of pyridine rings is 1. The number of nitrogen functional groups attached to an aromatic ring is 1. The molecule has 98 valence electrons. The average Bonchev–Trinajstić information content (AvgIpc) is 2.83. The summed E-state index contributed by atoms with van der Waals surface area (Å²) in [7, 11) is 2.06. The molecule has 0 aliphatic carbocycles. The van der Waals surface area contributed by atoms with Crippen molar-refractivity contribution in [2.45, 2.75) is 13.0 Å². The lowest BCUT2D eigenvalue weighted by Gasteiger charge is -2.25. The highest BCUT2D eigenvalue weighted by atomic mass is 16.2. The van der Waals surface area contributed by atoms with Gasteiger partial charge < -0.3 is 10.6 Å². The maximum atomic E-state index is 12.4. The molecule has 0 atom stereocenters. The lowest BCUT2D eigenvalue weighted by molar-refractivity contribution is 0.0946. The molecule has 3 heterocycles. The van der Waals surface area contributed by atoms with Crippen molar-refractivity contribution < 1.29 is 4.79 Å². The maximum Gasteiger partial charge on any atom is 0.281 e. The summed E-state index contributed by atoms with van der Waals surface area (Å²) in [5, 5.41) is 3.96. The van der Waals surface area contributed by atoms with Crippen LogP contribution in [0, 0.1) is 0 Å². The van der Waals surface area contributed by atoms with Crippen molar-refractivity contribution in [3.8, 4) is 0 Å². The van der Waals surface area contributed by atoms with Gasteiger partial charge in [-0.1, -0.05) is 0 Å². The summed E-state index contributed by atoms with van der Waals surface area (Å²) in [5.41, 5.74) is 8.49. The van der Waals surface area contributed by atoms with Gasteiger partial charge in [-0.2, -0.15) is 9.78 Å².